The van der Waals surface area contributed by atoms with Crippen LogP contribution in [0.1, 0.15) is 31.9 Å². The maximum Gasteiger partial charge on any atom is 0.0967 e. The van der Waals surface area contributed by atoms with Crippen molar-refractivity contribution in [2.45, 2.75) is 38.8 Å². The van der Waals surface area contributed by atoms with E-state index in [1.807, 2.05) is 13.2 Å². The maximum absolute atomic E-state index is 4.19. The van der Waals surface area contributed by atoms with Gasteiger partial charge in [0.15, 0.2) is 0 Å². The van der Waals surface area contributed by atoms with Crippen molar-refractivity contribution in [3.8, 4) is 0 Å². The van der Waals surface area contributed by atoms with Crippen molar-refractivity contribution >= 4 is 12.4 Å². The molecule has 0 spiro atoms. The first kappa shape index (κ1) is 15.4. The van der Waals surface area contributed by atoms with Gasteiger partial charge in [-0.3, -0.25) is 9.58 Å². The Kier molecular flexibility index (Phi) is 6.60. The van der Waals surface area contributed by atoms with Gasteiger partial charge in [0.2, 0.25) is 0 Å². The molecule has 6 heteroatoms. The van der Waals surface area contributed by atoms with Gasteiger partial charge in [0.1, 0.15) is 0 Å². The molecule has 1 aliphatic heterocycles. The fourth-order valence-corrected chi connectivity index (χ4v) is 2.53. The molecule has 18 heavy (non-hydrogen) atoms. The van der Waals surface area contributed by atoms with Gasteiger partial charge in [0.05, 0.1) is 5.69 Å². The highest BCUT2D eigenvalue weighted by molar-refractivity contribution is 5.85. The Morgan fingerprint density at radius 1 is 1.44 bits per heavy atom. The maximum atomic E-state index is 4.19. The molecule has 2 rings (SSSR count). The molecule has 0 bridgehead atoms. The number of halogens is 1. The lowest BCUT2D eigenvalue weighted by molar-refractivity contribution is 0.152. The predicted octanol–water partition coefficient (Wildman–Crippen LogP) is 1.20. The molecule has 5 nitrogen and oxygen atoms in total. The summed E-state index contributed by atoms with van der Waals surface area (Å²) < 4.78 is 1.78. The Balaban J connectivity index is 0.00000162. The Morgan fingerprint density at radius 3 is 2.72 bits per heavy atom. The minimum Gasteiger partial charge on any atom is -0.317 e. The topological polar surface area (TPSA) is 46.0 Å². The lowest BCUT2D eigenvalue weighted by Crippen LogP contribution is -2.43. The van der Waals surface area contributed by atoms with Crippen LogP contribution in [0.15, 0.2) is 6.20 Å². The van der Waals surface area contributed by atoms with Gasteiger partial charge in [-0.1, -0.05) is 12.1 Å². The lowest BCUT2D eigenvalue weighted by Gasteiger charge is -2.33. The highest BCUT2D eigenvalue weighted by Gasteiger charge is 2.21. The van der Waals surface area contributed by atoms with Crippen LogP contribution in [0.25, 0.3) is 0 Å². The zero-order valence-electron chi connectivity index (χ0n) is 11.3. The molecule has 104 valence electrons. The predicted molar refractivity (Wildman–Crippen MR) is 74.8 cm³/mol. The van der Waals surface area contributed by atoms with Crippen LogP contribution < -0.4 is 5.32 Å². The van der Waals surface area contributed by atoms with Crippen LogP contribution >= 0.6 is 12.4 Å². The van der Waals surface area contributed by atoms with E-state index in [0.29, 0.717) is 6.04 Å². The van der Waals surface area contributed by atoms with E-state index in [1.165, 1.54) is 19.3 Å². The summed E-state index contributed by atoms with van der Waals surface area (Å²) in [6, 6.07) is 0.707. The summed E-state index contributed by atoms with van der Waals surface area (Å²) in [5.74, 6) is 0. The second-order valence-corrected chi connectivity index (χ2v) is 4.84. The Hall–Kier alpha value is -0.650. The molecule has 0 aromatic carbocycles. The summed E-state index contributed by atoms with van der Waals surface area (Å²) in [4.78, 5) is 2.56. The van der Waals surface area contributed by atoms with E-state index in [9.17, 15) is 0 Å². The molecule has 0 radical (unpaired) electrons. The van der Waals surface area contributed by atoms with Gasteiger partial charge in [0, 0.05) is 25.8 Å². The molecule has 1 aliphatic rings. The van der Waals surface area contributed by atoms with Gasteiger partial charge in [-0.2, -0.15) is 0 Å². The summed E-state index contributed by atoms with van der Waals surface area (Å²) in [5, 5.41) is 11.6. The third-order valence-electron chi connectivity index (χ3n) is 3.35. The third kappa shape index (κ3) is 4.23. The van der Waals surface area contributed by atoms with E-state index in [-0.39, 0.29) is 12.4 Å². The number of aromatic nitrogens is 3. The second kappa shape index (κ2) is 7.71. The monoisotopic (exact) mass is 273 g/mol. The van der Waals surface area contributed by atoms with Gasteiger partial charge in [-0.15, -0.1) is 17.5 Å². The van der Waals surface area contributed by atoms with Crippen LogP contribution in [0.5, 0.6) is 0 Å². The van der Waals surface area contributed by atoms with Gasteiger partial charge in [-0.05, 0) is 38.9 Å². The van der Waals surface area contributed by atoms with Crippen LogP contribution in [-0.2, 0) is 13.6 Å². The molecule has 1 saturated heterocycles. The number of nitrogens with zero attached hydrogens (tertiary/aromatic N) is 4. The summed E-state index contributed by atoms with van der Waals surface area (Å²) in [6.07, 6.45) is 5.72. The number of hydrogen-bond donors (Lipinski definition) is 1. The first-order valence-corrected chi connectivity index (χ1v) is 6.59. The number of hydrogen-bond acceptors (Lipinski definition) is 4. The summed E-state index contributed by atoms with van der Waals surface area (Å²) >= 11 is 0. The molecule has 1 aromatic rings. The molecule has 0 unspecified atom stereocenters. The molecule has 0 aliphatic carbocycles. The van der Waals surface area contributed by atoms with Crippen LogP contribution in [0, 0.1) is 0 Å². The molecule has 2 heterocycles. The molecular weight excluding hydrogens is 250 g/mol. The first-order chi connectivity index (χ1) is 8.29. The van der Waals surface area contributed by atoms with Crippen molar-refractivity contribution in [1.82, 2.24) is 25.2 Å². The number of piperidine rings is 1. The summed E-state index contributed by atoms with van der Waals surface area (Å²) in [6.45, 7) is 6.62. The molecular formula is C12H24ClN5. The van der Waals surface area contributed by atoms with E-state index < -0.39 is 0 Å². The molecule has 0 amide bonds. The van der Waals surface area contributed by atoms with Crippen molar-refractivity contribution in [2.75, 3.05) is 19.6 Å². The van der Waals surface area contributed by atoms with E-state index in [4.69, 9.17) is 0 Å². The number of aryl methyl sites for hydroxylation is 1. The Labute approximate surface area is 115 Å². The standard InChI is InChI=1S/C12H23N5.ClH/c1-3-8-17(12-4-6-13-7-5-12)10-11-9-16(2)15-14-11;/h9,12-13H,3-8,10H2,1-2H3;1H. The van der Waals surface area contributed by atoms with Crippen molar-refractivity contribution in [2.24, 2.45) is 7.05 Å². The number of nitrogens with one attached hydrogen (secondary N) is 1. The summed E-state index contributed by atoms with van der Waals surface area (Å²) in [7, 11) is 1.92. The second-order valence-electron chi connectivity index (χ2n) is 4.84. The zero-order chi connectivity index (χ0) is 12.1. The van der Waals surface area contributed by atoms with Gasteiger partial charge >= 0.3 is 0 Å². The average Bonchev–Trinajstić information content (AvgIpc) is 2.75. The van der Waals surface area contributed by atoms with Gasteiger partial charge in [-0.25, -0.2) is 0 Å². The first-order valence-electron chi connectivity index (χ1n) is 6.59. The quantitative estimate of drug-likeness (QED) is 0.876. The minimum absolute atomic E-state index is 0. The average molecular weight is 274 g/mol. The van der Waals surface area contributed by atoms with Crippen LogP contribution in [0.4, 0.5) is 0 Å². The van der Waals surface area contributed by atoms with Crippen molar-refractivity contribution in [1.29, 1.82) is 0 Å². The fraction of sp³-hybridized carbons (Fsp3) is 0.833. The third-order valence-corrected chi connectivity index (χ3v) is 3.35. The minimum atomic E-state index is 0. The normalized spacial score (nSPS) is 16.8. The van der Waals surface area contributed by atoms with Crippen LogP contribution in [0.3, 0.4) is 0 Å². The van der Waals surface area contributed by atoms with Crippen molar-refractivity contribution < 1.29 is 0 Å². The zero-order valence-corrected chi connectivity index (χ0v) is 12.1. The van der Waals surface area contributed by atoms with Crippen LogP contribution in [-0.4, -0.2) is 45.6 Å². The molecule has 1 aromatic heterocycles. The van der Waals surface area contributed by atoms with E-state index >= 15 is 0 Å². The number of rotatable bonds is 5. The van der Waals surface area contributed by atoms with E-state index in [2.05, 4.69) is 27.5 Å². The fourth-order valence-electron chi connectivity index (χ4n) is 2.53. The smallest absolute Gasteiger partial charge is 0.0967 e. The highest BCUT2D eigenvalue weighted by atomic mass is 35.5. The van der Waals surface area contributed by atoms with Crippen LogP contribution in [0.2, 0.25) is 0 Å². The van der Waals surface area contributed by atoms with E-state index in [1.54, 1.807) is 4.68 Å². The molecule has 1 N–H and O–H groups in total. The lowest BCUT2D eigenvalue weighted by atomic mass is 10.0. The highest BCUT2D eigenvalue weighted by Crippen LogP contribution is 2.14. The SMILES string of the molecule is CCCN(Cc1cn(C)nn1)C1CCNCC1.Cl. The largest absolute Gasteiger partial charge is 0.317 e. The molecule has 0 atom stereocenters. The molecule has 1 fully saturated rings. The van der Waals surface area contributed by atoms with Gasteiger partial charge in [0.25, 0.3) is 0 Å². The van der Waals surface area contributed by atoms with Crippen molar-refractivity contribution in [3.05, 3.63) is 11.9 Å². The Morgan fingerprint density at radius 2 is 2.17 bits per heavy atom. The van der Waals surface area contributed by atoms with Crippen molar-refractivity contribution in [3.63, 3.8) is 0 Å². The summed E-state index contributed by atoms with van der Waals surface area (Å²) in [5.41, 5.74) is 1.08. The molecule has 0 saturated carbocycles. The van der Waals surface area contributed by atoms with Gasteiger partial charge < -0.3 is 5.32 Å². The Bertz CT molecular complexity index is 335. The van der Waals surface area contributed by atoms with E-state index in [0.717, 1.165) is 31.9 Å².